The minimum absolute atomic E-state index is 0.0211. The lowest BCUT2D eigenvalue weighted by molar-refractivity contribution is -0.272. The minimum Gasteiger partial charge on any atom is -0.377 e. The highest BCUT2D eigenvalue weighted by Gasteiger charge is 2.57. The number of carbonyl (C=O) groups excluding carboxylic acids is 1. The SMILES string of the molecule is Cn1ccnc1[C@@](O)(CCNC(=O)CNC[C@@H]1CCCO1)C(F)(F)F. The lowest BCUT2D eigenvalue weighted by Crippen LogP contribution is -2.47. The number of amides is 1. The normalized spacial score (nSPS) is 20.4. The predicted molar refractivity (Wildman–Crippen MR) is 82.6 cm³/mol. The summed E-state index contributed by atoms with van der Waals surface area (Å²) in [5, 5.41) is 15.4. The monoisotopic (exact) mass is 364 g/mol. The highest BCUT2D eigenvalue weighted by molar-refractivity contribution is 5.77. The Balaban J connectivity index is 1.80. The van der Waals surface area contributed by atoms with Gasteiger partial charge in [-0.2, -0.15) is 13.2 Å². The van der Waals surface area contributed by atoms with Crippen LogP contribution in [0.4, 0.5) is 13.2 Å². The van der Waals surface area contributed by atoms with E-state index >= 15 is 0 Å². The topological polar surface area (TPSA) is 88.4 Å². The number of rotatable bonds is 8. The maximum atomic E-state index is 13.3. The first kappa shape index (κ1) is 19.7. The van der Waals surface area contributed by atoms with E-state index in [0.717, 1.165) is 17.4 Å². The van der Waals surface area contributed by atoms with E-state index in [1.807, 2.05) is 0 Å². The van der Waals surface area contributed by atoms with Crippen LogP contribution in [-0.4, -0.2) is 59.1 Å². The van der Waals surface area contributed by atoms with Crippen molar-refractivity contribution < 1.29 is 27.8 Å². The van der Waals surface area contributed by atoms with Crippen LogP contribution in [0.2, 0.25) is 0 Å². The van der Waals surface area contributed by atoms with E-state index in [1.54, 1.807) is 0 Å². The zero-order chi connectivity index (χ0) is 18.5. The fourth-order valence-electron chi connectivity index (χ4n) is 2.74. The Labute approximate surface area is 143 Å². The number of hydrogen-bond donors (Lipinski definition) is 3. The molecule has 0 saturated carbocycles. The van der Waals surface area contributed by atoms with E-state index < -0.39 is 29.9 Å². The summed E-state index contributed by atoms with van der Waals surface area (Å²) in [4.78, 5) is 15.3. The number of aryl methyl sites for hydroxylation is 1. The smallest absolute Gasteiger partial charge is 0.377 e. The largest absolute Gasteiger partial charge is 0.424 e. The first-order valence-corrected chi connectivity index (χ1v) is 8.10. The summed E-state index contributed by atoms with van der Waals surface area (Å²) in [5.74, 6) is -0.951. The number of imidazole rings is 1. The van der Waals surface area contributed by atoms with Crippen molar-refractivity contribution in [2.45, 2.75) is 37.1 Å². The Bertz CT molecular complexity index is 573. The summed E-state index contributed by atoms with van der Waals surface area (Å²) in [7, 11) is 1.37. The van der Waals surface area contributed by atoms with Gasteiger partial charge in [0.2, 0.25) is 11.5 Å². The summed E-state index contributed by atoms with van der Waals surface area (Å²) in [6, 6.07) is 0. The Morgan fingerprint density at radius 3 is 2.84 bits per heavy atom. The average Bonchev–Trinajstić information content (AvgIpc) is 3.17. The molecule has 0 bridgehead atoms. The molecule has 1 amide bonds. The van der Waals surface area contributed by atoms with E-state index in [1.165, 1.54) is 19.4 Å². The molecule has 2 rings (SSSR count). The number of aromatic nitrogens is 2. The molecule has 1 aromatic heterocycles. The Kier molecular flexibility index (Phi) is 6.42. The van der Waals surface area contributed by atoms with Crippen LogP contribution < -0.4 is 10.6 Å². The van der Waals surface area contributed by atoms with Crippen LogP contribution in [-0.2, 0) is 22.2 Å². The number of halogens is 3. The van der Waals surface area contributed by atoms with Crippen LogP contribution in [0, 0.1) is 0 Å². The summed E-state index contributed by atoms with van der Waals surface area (Å²) in [6.07, 6.45) is -1.14. The molecule has 2 atom stereocenters. The summed E-state index contributed by atoms with van der Waals surface area (Å²) < 4.78 is 46.4. The van der Waals surface area contributed by atoms with Gasteiger partial charge in [-0.1, -0.05) is 0 Å². The first-order chi connectivity index (χ1) is 11.7. The molecule has 7 nitrogen and oxygen atoms in total. The molecule has 3 N–H and O–H groups in total. The molecule has 142 valence electrons. The van der Waals surface area contributed by atoms with Crippen molar-refractivity contribution in [3.8, 4) is 0 Å². The summed E-state index contributed by atoms with van der Waals surface area (Å²) >= 11 is 0. The fraction of sp³-hybridized carbons (Fsp3) is 0.733. The maximum absolute atomic E-state index is 13.3. The Hall–Kier alpha value is -1.65. The van der Waals surface area contributed by atoms with Crippen LogP contribution in [0.15, 0.2) is 12.4 Å². The molecule has 0 unspecified atom stereocenters. The van der Waals surface area contributed by atoms with Gasteiger partial charge in [0.15, 0.2) is 0 Å². The third kappa shape index (κ3) is 4.93. The van der Waals surface area contributed by atoms with Crippen molar-refractivity contribution in [3.63, 3.8) is 0 Å². The molecule has 1 saturated heterocycles. The van der Waals surface area contributed by atoms with Crippen molar-refractivity contribution in [1.82, 2.24) is 20.2 Å². The van der Waals surface area contributed by atoms with Gasteiger partial charge >= 0.3 is 6.18 Å². The molecular formula is C15H23F3N4O3. The van der Waals surface area contributed by atoms with Gasteiger partial charge in [-0.3, -0.25) is 4.79 Å². The Morgan fingerprint density at radius 1 is 1.52 bits per heavy atom. The molecule has 1 aliphatic heterocycles. The highest BCUT2D eigenvalue weighted by Crippen LogP contribution is 2.40. The molecule has 1 aliphatic rings. The lowest BCUT2D eigenvalue weighted by Gasteiger charge is -2.30. The van der Waals surface area contributed by atoms with Crippen molar-refractivity contribution in [2.75, 3.05) is 26.2 Å². The quantitative estimate of drug-likeness (QED) is 0.623. The van der Waals surface area contributed by atoms with Crippen LogP contribution in [0.5, 0.6) is 0 Å². The van der Waals surface area contributed by atoms with Crippen molar-refractivity contribution in [3.05, 3.63) is 18.2 Å². The number of nitrogens with one attached hydrogen (secondary N) is 2. The minimum atomic E-state index is -4.91. The van der Waals surface area contributed by atoms with Crippen LogP contribution in [0.1, 0.15) is 25.1 Å². The second-order valence-corrected chi connectivity index (χ2v) is 6.09. The van der Waals surface area contributed by atoms with Crippen LogP contribution >= 0.6 is 0 Å². The molecule has 10 heteroatoms. The lowest BCUT2D eigenvalue weighted by atomic mass is 9.97. The number of hydrogen-bond acceptors (Lipinski definition) is 5. The first-order valence-electron chi connectivity index (χ1n) is 8.10. The maximum Gasteiger partial charge on any atom is 0.424 e. The van der Waals surface area contributed by atoms with Gasteiger partial charge in [-0.15, -0.1) is 0 Å². The van der Waals surface area contributed by atoms with E-state index in [2.05, 4.69) is 15.6 Å². The van der Waals surface area contributed by atoms with Gasteiger partial charge < -0.3 is 25.0 Å². The van der Waals surface area contributed by atoms with E-state index in [0.29, 0.717) is 13.2 Å². The van der Waals surface area contributed by atoms with Crippen molar-refractivity contribution in [1.29, 1.82) is 0 Å². The summed E-state index contributed by atoms with van der Waals surface area (Å²) in [6.45, 7) is 0.880. The van der Waals surface area contributed by atoms with Crippen LogP contribution in [0.25, 0.3) is 0 Å². The van der Waals surface area contributed by atoms with Gasteiger partial charge in [0.25, 0.3) is 0 Å². The standard InChI is InChI=1S/C15H23F3N4O3/c1-22-7-6-21-13(22)14(24,15(16,17)18)4-5-20-12(23)10-19-9-11-3-2-8-25-11/h6-7,11,19,24H,2-5,8-10H2,1H3,(H,20,23)/t11-,14-/m0/s1. The van der Waals surface area contributed by atoms with Gasteiger partial charge in [0.1, 0.15) is 5.82 Å². The van der Waals surface area contributed by atoms with Gasteiger partial charge in [-0.25, -0.2) is 4.98 Å². The van der Waals surface area contributed by atoms with Crippen LogP contribution in [0.3, 0.4) is 0 Å². The molecule has 0 aromatic carbocycles. The molecule has 1 aromatic rings. The Morgan fingerprint density at radius 2 is 2.28 bits per heavy atom. The molecular weight excluding hydrogens is 341 g/mol. The zero-order valence-electron chi connectivity index (χ0n) is 14.0. The second kappa shape index (κ2) is 8.15. The second-order valence-electron chi connectivity index (χ2n) is 6.09. The average molecular weight is 364 g/mol. The van der Waals surface area contributed by atoms with E-state index in [9.17, 15) is 23.1 Å². The fourth-order valence-corrected chi connectivity index (χ4v) is 2.74. The van der Waals surface area contributed by atoms with Gasteiger partial charge in [0, 0.05) is 45.6 Å². The van der Waals surface area contributed by atoms with Crippen molar-refractivity contribution >= 4 is 5.91 Å². The van der Waals surface area contributed by atoms with Gasteiger partial charge in [0.05, 0.1) is 12.6 Å². The summed E-state index contributed by atoms with van der Waals surface area (Å²) in [5.41, 5.74) is -3.12. The molecule has 0 aliphatic carbocycles. The third-order valence-corrected chi connectivity index (χ3v) is 4.15. The number of aliphatic hydroxyl groups is 1. The molecule has 2 heterocycles. The number of carbonyl (C=O) groups is 1. The zero-order valence-corrected chi connectivity index (χ0v) is 14.0. The number of ether oxygens (including phenoxy) is 1. The van der Waals surface area contributed by atoms with E-state index in [-0.39, 0.29) is 19.2 Å². The highest BCUT2D eigenvalue weighted by atomic mass is 19.4. The predicted octanol–water partition coefficient (Wildman–Crippen LogP) is 0.445. The number of alkyl halides is 3. The molecule has 0 radical (unpaired) electrons. The van der Waals surface area contributed by atoms with Crippen molar-refractivity contribution in [2.24, 2.45) is 7.05 Å². The van der Waals surface area contributed by atoms with Gasteiger partial charge in [-0.05, 0) is 12.8 Å². The molecule has 1 fully saturated rings. The number of nitrogens with zero attached hydrogens (tertiary/aromatic N) is 2. The molecule has 0 spiro atoms. The molecule has 25 heavy (non-hydrogen) atoms. The third-order valence-electron chi connectivity index (χ3n) is 4.15. The van der Waals surface area contributed by atoms with E-state index in [4.69, 9.17) is 4.74 Å².